The molecule has 9 nitrogen and oxygen atoms in total. The molecule has 0 amide bonds. The standard InChI is InChI=1S/C21H23N5O4S2/c1-13-19(16-6-5-15(9-17(16)29-3)30-7-4-8-32(27)28)20-18(31-13)11-22-21(25-20)24-14-10-23-26(2)12-14/h5-6,9-12H,4,7-8H2,1-3H3,(H,27,28)(H,22,24,25). The number of methoxy groups -OCH3 is 1. The van der Waals surface area contributed by atoms with E-state index in [1.54, 1.807) is 29.3 Å². The lowest BCUT2D eigenvalue weighted by molar-refractivity contribution is 0.314. The zero-order chi connectivity index (χ0) is 22.7. The fourth-order valence-corrected chi connectivity index (χ4v) is 4.69. The Morgan fingerprint density at radius 3 is 2.88 bits per heavy atom. The second-order valence-electron chi connectivity index (χ2n) is 7.06. The van der Waals surface area contributed by atoms with E-state index in [-0.39, 0.29) is 5.75 Å². The number of fused-ring (bicyclic) bond motifs is 1. The molecule has 3 aromatic heterocycles. The predicted molar refractivity (Wildman–Crippen MR) is 126 cm³/mol. The van der Waals surface area contributed by atoms with Gasteiger partial charge in [-0.05, 0) is 25.5 Å². The van der Waals surface area contributed by atoms with Gasteiger partial charge in [-0.3, -0.25) is 4.68 Å². The molecule has 4 aromatic rings. The Kier molecular flexibility index (Phi) is 6.68. The van der Waals surface area contributed by atoms with Crippen molar-refractivity contribution >= 4 is 44.3 Å². The topological polar surface area (TPSA) is 111 Å². The number of nitrogens with one attached hydrogen (secondary N) is 1. The molecule has 3 heterocycles. The van der Waals surface area contributed by atoms with Gasteiger partial charge >= 0.3 is 0 Å². The third-order valence-electron chi connectivity index (χ3n) is 4.74. The first-order valence-corrected chi connectivity index (χ1v) is 11.9. The summed E-state index contributed by atoms with van der Waals surface area (Å²) >= 11 is -0.182. The van der Waals surface area contributed by atoms with Crippen LogP contribution in [0.25, 0.3) is 21.3 Å². The lowest BCUT2D eigenvalue weighted by Gasteiger charge is -2.12. The Balaban J connectivity index is 1.64. The van der Waals surface area contributed by atoms with Crippen molar-refractivity contribution in [1.29, 1.82) is 0 Å². The van der Waals surface area contributed by atoms with Gasteiger partial charge in [0, 0.05) is 35.3 Å². The maximum Gasteiger partial charge on any atom is 0.227 e. The third kappa shape index (κ3) is 4.90. The zero-order valence-electron chi connectivity index (χ0n) is 17.9. The number of aryl methyl sites for hydroxylation is 2. The lowest BCUT2D eigenvalue weighted by Crippen LogP contribution is -2.04. The number of thiophene rings is 1. The van der Waals surface area contributed by atoms with Crippen LogP contribution in [0.4, 0.5) is 11.6 Å². The van der Waals surface area contributed by atoms with E-state index in [0.29, 0.717) is 30.5 Å². The minimum absolute atomic E-state index is 0.185. The molecule has 32 heavy (non-hydrogen) atoms. The number of ether oxygens (including phenoxy) is 2. The first-order chi connectivity index (χ1) is 15.4. The number of benzene rings is 1. The van der Waals surface area contributed by atoms with Crippen LogP contribution in [0.2, 0.25) is 0 Å². The summed E-state index contributed by atoms with van der Waals surface area (Å²) in [5.74, 6) is 1.98. The smallest absolute Gasteiger partial charge is 0.227 e. The largest absolute Gasteiger partial charge is 0.496 e. The van der Waals surface area contributed by atoms with E-state index < -0.39 is 11.1 Å². The van der Waals surface area contributed by atoms with Crippen LogP contribution in [0.5, 0.6) is 11.5 Å². The van der Waals surface area contributed by atoms with Gasteiger partial charge < -0.3 is 19.3 Å². The molecule has 0 aliphatic heterocycles. The van der Waals surface area contributed by atoms with Crippen molar-refractivity contribution in [1.82, 2.24) is 19.7 Å². The van der Waals surface area contributed by atoms with Crippen molar-refractivity contribution in [2.75, 3.05) is 24.8 Å². The van der Waals surface area contributed by atoms with E-state index in [9.17, 15) is 4.21 Å². The summed E-state index contributed by atoms with van der Waals surface area (Å²) in [6, 6.07) is 5.64. The van der Waals surface area contributed by atoms with Crippen LogP contribution in [-0.2, 0) is 18.1 Å². The molecule has 0 saturated heterocycles. The molecule has 0 bridgehead atoms. The van der Waals surface area contributed by atoms with Crippen molar-refractivity contribution in [2.45, 2.75) is 13.3 Å². The summed E-state index contributed by atoms with van der Waals surface area (Å²) < 4.78 is 33.7. The molecule has 1 aromatic carbocycles. The number of hydrogen-bond donors (Lipinski definition) is 2. The average Bonchev–Trinajstić information content (AvgIpc) is 3.32. The quantitative estimate of drug-likeness (QED) is 0.276. The summed E-state index contributed by atoms with van der Waals surface area (Å²) in [6.45, 7) is 2.40. The Morgan fingerprint density at radius 1 is 1.31 bits per heavy atom. The van der Waals surface area contributed by atoms with Crippen LogP contribution in [-0.4, -0.2) is 48.0 Å². The van der Waals surface area contributed by atoms with Gasteiger partial charge in [0.25, 0.3) is 0 Å². The highest BCUT2D eigenvalue weighted by Gasteiger charge is 2.18. The van der Waals surface area contributed by atoms with Crippen molar-refractivity contribution in [3.63, 3.8) is 0 Å². The van der Waals surface area contributed by atoms with E-state index in [0.717, 1.165) is 31.9 Å². The fourth-order valence-electron chi connectivity index (χ4n) is 3.34. The first-order valence-electron chi connectivity index (χ1n) is 9.85. The van der Waals surface area contributed by atoms with Gasteiger partial charge in [-0.2, -0.15) is 5.10 Å². The van der Waals surface area contributed by atoms with E-state index >= 15 is 0 Å². The second kappa shape index (κ2) is 9.63. The minimum atomic E-state index is -1.81. The molecule has 0 aliphatic rings. The fraction of sp³-hybridized carbons (Fsp3) is 0.286. The number of nitrogens with zero attached hydrogens (tertiary/aromatic N) is 4. The highest BCUT2D eigenvalue weighted by molar-refractivity contribution is 7.79. The molecule has 0 radical (unpaired) electrons. The SMILES string of the molecule is COc1cc(OCCCS(=O)O)ccc1-c1c(C)sc2cnc(Nc3cnn(C)c3)nc12. The Bertz CT molecular complexity index is 1270. The van der Waals surface area contributed by atoms with Crippen LogP contribution in [0.3, 0.4) is 0 Å². The Hall–Kier alpha value is -3.02. The maximum absolute atomic E-state index is 10.8. The first kappa shape index (κ1) is 22.2. The monoisotopic (exact) mass is 473 g/mol. The Labute approximate surface area is 191 Å². The summed E-state index contributed by atoms with van der Waals surface area (Å²) in [5, 5.41) is 7.34. The van der Waals surface area contributed by atoms with E-state index in [1.807, 2.05) is 37.6 Å². The third-order valence-corrected chi connectivity index (χ3v) is 6.41. The highest BCUT2D eigenvalue weighted by Crippen LogP contribution is 2.42. The van der Waals surface area contributed by atoms with Crippen LogP contribution in [0, 0.1) is 6.92 Å². The van der Waals surface area contributed by atoms with E-state index in [2.05, 4.69) is 22.3 Å². The molecule has 1 atom stereocenters. The van der Waals surface area contributed by atoms with Gasteiger partial charge in [-0.1, -0.05) is 0 Å². The molecular weight excluding hydrogens is 450 g/mol. The van der Waals surface area contributed by atoms with Gasteiger partial charge in [-0.25, -0.2) is 14.2 Å². The molecule has 0 saturated carbocycles. The molecule has 168 valence electrons. The van der Waals surface area contributed by atoms with Gasteiger partial charge in [0.05, 0.1) is 47.8 Å². The van der Waals surface area contributed by atoms with Gasteiger partial charge in [-0.15, -0.1) is 11.3 Å². The molecule has 0 fully saturated rings. The van der Waals surface area contributed by atoms with Crippen molar-refractivity contribution < 1.29 is 18.2 Å². The molecule has 0 spiro atoms. The number of anilines is 2. The molecule has 0 aliphatic carbocycles. The number of hydrogen-bond acceptors (Lipinski definition) is 8. The molecule has 1 unspecified atom stereocenters. The van der Waals surface area contributed by atoms with Gasteiger partial charge in [0.2, 0.25) is 5.95 Å². The number of rotatable bonds is 9. The highest BCUT2D eigenvalue weighted by atomic mass is 32.2. The van der Waals surface area contributed by atoms with E-state index in [1.165, 1.54) is 0 Å². The zero-order valence-corrected chi connectivity index (χ0v) is 19.5. The summed E-state index contributed by atoms with van der Waals surface area (Å²) in [4.78, 5) is 10.3. The van der Waals surface area contributed by atoms with Crippen molar-refractivity contribution in [3.8, 4) is 22.6 Å². The van der Waals surface area contributed by atoms with E-state index in [4.69, 9.17) is 19.0 Å². The summed E-state index contributed by atoms with van der Waals surface area (Å²) in [6.07, 6.45) is 5.88. The normalized spacial score (nSPS) is 12.1. The summed E-state index contributed by atoms with van der Waals surface area (Å²) in [7, 11) is 3.47. The minimum Gasteiger partial charge on any atom is -0.496 e. The maximum atomic E-state index is 10.8. The van der Waals surface area contributed by atoms with Crippen LogP contribution >= 0.6 is 11.3 Å². The molecule has 11 heteroatoms. The molecule has 2 N–H and O–H groups in total. The number of aromatic nitrogens is 4. The predicted octanol–water partition coefficient (Wildman–Crippen LogP) is 4.14. The molecule has 4 rings (SSSR count). The van der Waals surface area contributed by atoms with Crippen molar-refractivity contribution in [3.05, 3.63) is 41.7 Å². The molecular formula is C21H23N5O4S2. The second-order valence-corrected chi connectivity index (χ2v) is 9.36. The van der Waals surface area contributed by atoms with Crippen LogP contribution in [0.15, 0.2) is 36.8 Å². The van der Waals surface area contributed by atoms with Crippen LogP contribution in [0.1, 0.15) is 11.3 Å². The average molecular weight is 474 g/mol. The Morgan fingerprint density at radius 2 is 2.16 bits per heavy atom. The van der Waals surface area contributed by atoms with Crippen LogP contribution < -0.4 is 14.8 Å². The summed E-state index contributed by atoms with van der Waals surface area (Å²) in [5.41, 5.74) is 3.54. The van der Waals surface area contributed by atoms with Gasteiger partial charge in [0.1, 0.15) is 11.5 Å². The van der Waals surface area contributed by atoms with Crippen molar-refractivity contribution in [2.24, 2.45) is 7.05 Å². The van der Waals surface area contributed by atoms with Gasteiger partial charge in [0.15, 0.2) is 11.1 Å². The lowest BCUT2D eigenvalue weighted by atomic mass is 10.0.